The second kappa shape index (κ2) is 14.3. The third kappa shape index (κ3) is 7.13. The van der Waals surface area contributed by atoms with E-state index in [0.29, 0.717) is 13.1 Å². The second-order valence-electron chi connectivity index (χ2n) is 14.9. The van der Waals surface area contributed by atoms with Crippen molar-refractivity contribution in [3.63, 3.8) is 0 Å². The zero-order chi connectivity index (χ0) is 36.5. The van der Waals surface area contributed by atoms with E-state index in [2.05, 4.69) is 70.6 Å². The molecule has 0 bridgehead atoms. The lowest BCUT2D eigenvalue weighted by atomic mass is 9.93. The first-order valence-corrected chi connectivity index (χ1v) is 18.4. The zero-order valence-electron chi connectivity index (χ0n) is 30.3. The summed E-state index contributed by atoms with van der Waals surface area (Å²) in [6.45, 7) is 7.21. The van der Waals surface area contributed by atoms with Crippen LogP contribution in [-0.2, 0) is 16.1 Å². The van der Waals surface area contributed by atoms with Gasteiger partial charge in [0.2, 0.25) is 0 Å². The van der Waals surface area contributed by atoms with Gasteiger partial charge >= 0.3 is 12.2 Å². The number of aromatic amines is 2. The zero-order valence-corrected chi connectivity index (χ0v) is 30.3. The van der Waals surface area contributed by atoms with Crippen molar-refractivity contribution in [2.75, 3.05) is 13.1 Å². The molecular weight excluding hydrogens is 665 g/mol. The van der Waals surface area contributed by atoms with Crippen molar-refractivity contribution < 1.29 is 19.1 Å². The number of amides is 2. The van der Waals surface area contributed by atoms with Gasteiger partial charge in [-0.15, -0.1) is 0 Å². The van der Waals surface area contributed by atoms with Crippen LogP contribution < -0.4 is 0 Å². The van der Waals surface area contributed by atoms with E-state index in [1.807, 2.05) is 63.5 Å². The number of H-pyrrole nitrogens is 2. The molecule has 2 saturated heterocycles. The van der Waals surface area contributed by atoms with Crippen LogP contribution in [0.5, 0.6) is 0 Å². The average Bonchev–Trinajstić information content (AvgIpc) is 4.00. The molecule has 2 N–H and O–H groups in total. The van der Waals surface area contributed by atoms with E-state index in [1.54, 1.807) is 9.80 Å². The van der Waals surface area contributed by atoms with Crippen molar-refractivity contribution in [3.8, 4) is 33.6 Å². The van der Waals surface area contributed by atoms with Gasteiger partial charge in [-0.1, -0.05) is 91.0 Å². The molecule has 8 rings (SSSR count). The lowest BCUT2D eigenvalue weighted by Gasteiger charge is -2.27. The predicted octanol–water partition coefficient (Wildman–Crippen LogP) is 9.83. The first-order valence-electron chi connectivity index (χ1n) is 18.4. The van der Waals surface area contributed by atoms with Crippen molar-refractivity contribution in [1.82, 2.24) is 29.7 Å². The van der Waals surface area contributed by atoms with Crippen LogP contribution in [0.15, 0.2) is 103 Å². The van der Waals surface area contributed by atoms with Gasteiger partial charge in [-0.3, -0.25) is 9.80 Å². The summed E-state index contributed by atoms with van der Waals surface area (Å²) < 4.78 is 11.3. The van der Waals surface area contributed by atoms with E-state index in [4.69, 9.17) is 19.4 Å². The molecule has 6 aromatic rings. The Morgan fingerprint density at radius 1 is 0.679 bits per heavy atom. The van der Waals surface area contributed by atoms with Crippen LogP contribution in [0.25, 0.3) is 44.4 Å². The molecule has 2 aliphatic rings. The van der Waals surface area contributed by atoms with E-state index in [0.717, 1.165) is 87.3 Å². The standard InChI is InChI=1S/C43H44N6O4/c1-43(2,3)53-42(51)49-24-10-16-38(49)40-45-26-36(47-40)34-22-21-31(32-13-7-8-14-33(32)34)29-17-19-30(20-18-29)35-25-44-39(46-35)37-15-9-23-48(37)41(50)52-27-28-11-5-4-6-12-28/h4-8,11-14,17-22,25-26,37-38H,9-10,15-16,23-24,27H2,1-3H3,(H,44,46)(H,45,47)/t37-,38-/m0/s1. The molecular formula is C43H44N6O4. The SMILES string of the molecule is CC(C)(C)OC(=O)N1CCC[C@H]1c1ncc(-c2ccc(-c3ccc(-c4cnc([C@@H]5CCCN5C(=O)OCc5ccccc5)[nH]4)cc3)c3ccccc23)[nH]1. The van der Waals surface area contributed by atoms with E-state index in [9.17, 15) is 9.59 Å². The first-order chi connectivity index (χ1) is 25.7. The van der Waals surface area contributed by atoms with E-state index < -0.39 is 5.60 Å². The number of rotatable bonds is 7. The van der Waals surface area contributed by atoms with E-state index in [1.165, 1.54) is 0 Å². The minimum absolute atomic E-state index is 0.146. The molecule has 2 fully saturated rings. The van der Waals surface area contributed by atoms with Crippen molar-refractivity contribution in [2.45, 2.75) is 70.7 Å². The third-order valence-electron chi connectivity index (χ3n) is 10.1. The molecule has 4 heterocycles. The summed E-state index contributed by atoms with van der Waals surface area (Å²) in [6.07, 6.45) is 6.57. The van der Waals surface area contributed by atoms with Gasteiger partial charge in [0, 0.05) is 18.7 Å². The fourth-order valence-electron chi connectivity index (χ4n) is 7.57. The Labute approximate surface area is 309 Å². The van der Waals surface area contributed by atoms with Crippen molar-refractivity contribution in [3.05, 3.63) is 121 Å². The van der Waals surface area contributed by atoms with Crippen LogP contribution in [0.4, 0.5) is 9.59 Å². The fourth-order valence-corrected chi connectivity index (χ4v) is 7.57. The van der Waals surface area contributed by atoms with Crippen molar-refractivity contribution in [1.29, 1.82) is 0 Å². The van der Waals surface area contributed by atoms with Gasteiger partial charge in [-0.2, -0.15) is 0 Å². The Balaban J connectivity index is 0.989. The molecule has 0 saturated carbocycles. The number of hydrogen-bond donors (Lipinski definition) is 2. The molecule has 2 aromatic heterocycles. The second-order valence-corrected chi connectivity index (χ2v) is 14.9. The van der Waals surface area contributed by atoms with Crippen LogP contribution in [0, 0.1) is 0 Å². The van der Waals surface area contributed by atoms with Crippen LogP contribution in [-0.4, -0.2) is 60.6 Å². The van der Waals surface area contributed by atoms with Gasteiger partial charge < -0.3 is 19.4 Å². The van der Waals surface area contributed by atoms with Gasteiger partial charge in [0.15, 0.2) is 0 Å². The van der Waals surface area contributed by atoms with Crippen LogP contribution in [0.3, 0.4) is 0 Å². The number of imidazole rings is 2. The maximum Gasteiger partial charge on any atom is 0.410 e. The Bertz CT molecular complexity index is 2240. The maximum absolute atomic E-state index is 13.0. The highest BCUT2D eigenvalue weighted by atomic mass is 16.6. The quantitative estimate of drug-likeness (QED) is 0.171. The number of aromatic nitrogens is 4. The van der Waals surface area contributed by atoms with Crippen LogP contribution in [0.2, 0.25) is 0 Å². The number of fused-ring (bicyclic) bond motifs is 1. The summed E-state index contributed by atoms with van der Waals surface area (Å²) in [5.41, 5.74) is 6.52. The topological polar surface area (TPSA) is 116 Å². The van der Waals surface area contributed by atoms with E-state index >= 15 is 0 Å². The largest absolute Gasteiger partial charge is 0.445 e. The number of ether oxygens (including phenoxy) is 2. The Hall–Kier alpha value is -5.90. The number of likely N-dealkylation sites (tertiary alicyclic amines) is 2. The van der Waals surface area contributed by atoms with Gasteiger partial charge in [0.05, 0.1) is 35.9 Å². The molecule has 270 valence electrons. The number of carbonyl (C=O) groups excluding carboxylic acids is 2. The lowest BCUT2D eigenvalue weighted by molar-refractivity contribution is 0.0218. The molecule has 10 nitrogen and oxygen atoms in total. The summed E-state index contributed by atoms with van der Waals surface area (Å²) in [6, 6.07) is 30.6. The van der Waals surface area contributed by atoms with Gasteiger partial charge in [-0.05, 0) is 79.5 Å². The molecule has 0 aliphatic carbocycles. The van der Waals surface area contributed by atoms with Gasteiger partial charge in [-0.25, -0.2) is 19.6 Å². The van der Waals surface area contributed by atoms with Crippen molar-refractivity contribution in [2.24, 2.45) is 0 Å². The minimum Gasteiger partial charge on any atom is -0.445 e. The molecule has 2 aliphatic heterocycles. The number of carbonyl (C=O) groups is 2. The van der Waals surface area contributed by atoms with Crippen LogP contribution >= 0.6 is 0 Å². The summed E-state index contributed by atoms with van der Waals surface area (Å²) in [5.74, 6) is 1.55. The summed E-state index contributed by atoms with van der Waals surface area (Å²) >= 11 is 0. The monoisotopic (exact) mass is 708 g/mol. The number of nitrogens with zero attached hydrogens (tertiary/aromatic N) is 4. The maximum atomic E-state index is 13.0. The van der Waals surface area contributed by atoms with Gasteiger partial charge in [0.1, 0.15) is 23.9 Å². The molecule has 2 amide bonds. The van der Waals surface area contributed by atoms with Crippen LogP contribution in [0.1, 0.15) is 75.8 Å². The number of hydrogen-bond acceptors (Lipinski definition) is 6. The molecule has 10 heteroatoms. The summed E-state index contributed by atoms with van der Waals surface area (Å²) in [7, 11) is 0. The smallest absolute Gasteiger partial charge is 0.410 e. The lowest BCUT2D eigenvalue weighted by Crippen LogP contribution is -2.36. The predicted molar refractivity (Wildman–Crippen MR) is 205 cm³/mol. The Morgan fingerprint density at radius 3 is 1.89 bits per heavy atom. The molecule has 0 radical (unpaired) electrons. The molecule has 53 heavy (non-hydrogen) atoms. The first kappa shape index (κ1) is 34.2. The Kier molecular flexibility index (Phi) is 9.20. The highest BCUT2D eigenvalue weighted by Gasteiger charge is 2.35. The van der Waals surface area contributed by atoms with E-state index in [-0.39, 0.29) is 30.9 Å². The highest BCUT2D eigenvalue weighted by molar-refractivity contribution is 6.04. The number of benzene rings is 4. The highest BCUT2D eigenvalue weighted by Crippen LogP contribution is 2.38. The minimum atomic E-state index is -0.554. The average molecular weight is 709 g/mol. The fraction of sp³-hybridized carbons (Fsp3) is 0.302. The molecule has 0 spiro atoms. The third-order valence-corrected chi connectivity index (χ3v) is 10.1. The molecule has 2 atom stereocenters. The van der Waals surface area contributed by atoms with Crippen molar-refractivity contribution >= 4 is 23.0 Å². The number of nitrogens with one attached hydrogen (secondary N) is 2. The molecule has 0 unspecified atom stereocenters. The Morgan fingerprint density at radius 2 is 1.23 bits per heavy atom. The van der Waals surface area contributed by atoms with Gasteiger partial charge in [0.25, 0.3) is 0 Å². The summed E-state index contributed by atoms with van der Waals surface area (Å²) in [4.78, 5) is 46.0. The molecule has 4 aromatic carbocycles. The normalized spacial score (nSPS) is 17.4. The summed E-state index contributed by atoms with van der Waals surface area (Å²) in [5, 5.41) is 2.25.